The molecule has 0 heterocycles. The van der Waals surface area contributed by atoms with Crippen molar-refractivity contribution in [2.45, 2.75) is 46.1 Å². The minimum absolute atomic E-state index is 0.129. The Balaban J connectivity index is 1.74. The van der Waals surface area contributed by atoms with E-state index in [4.69, 9.17) is 4.74 Å². The van der Waals surface area contributed by atoms with Crippen molar-refractivity contribution < 1.29 is 23.8 Å². The van der Waals surface area contributed by atoms with Crippen LogP contribution in [0.2, 0.25) is 0 Å². The van der Waals surface area contributed by atoms with Crippen molar-refractivity contribution in [3.63, 3.8) is 0 Å². The number of rotatable bonds is 8. The summed E-state index contributed by atoms with van der Waals surface area (Å²) in [6.07, 6.45) is 2.87. The van der Waals surface area contributed by atoms with Crippen LogP contribution in [0.25, 0.3) is 11.1 Å². The van der Waals surface area contributed by atoms with Crippen molar-refractivity contribution in [3.05, 3.63) is 94.3 Å². The highest BCUT2D eigenvalue weighted by Gasteiger charge is 2.22. The largest absolute Gasteiger partial charge is 0.488 e. The Morgan fingerprint density at radius 1 is 1.00 bits per heavy atom. The fourth-order valence-electron chi connectivity index (χ4n) is 4.35. The first kappa shape index (κ1) is 24.2. The van der Waals surface area contributed by atoms with Crippen molar-refractivity contribution in [2.75, 3.05) is 5.32 Å². The van der Waals surface area contributed by atoms with Gasteiger partial charge in [0.1, 0.15) is 18.2 Å². The molecule has 2 N–H and O–H groups in total. The third-order valence-electron chi connectivity index (χ3n) is 6.12. The second-order valence-electron chi connectivity index (χ2n) is 8.73. The Labute approximate surface area is 204 Å². The number of benzene rings is 3. The SMILES string of the molecule is CCC(=O)Nc1cc(C(=O)O)cc(C2=C(c3cc(C)ccc3OCc3ccc(F)cc3)CCC2)c1. The Morgan fingerprint density at radius 2 is 1.74 bits per heavy atom. The molecule has 3 aromatic carbocycles. The van der Waals surface area contributed by atoms with E-state index in [1.807, 2.05) is 25.1 Å². The number of ether oxygens (including phenoxy) is 1. The molecule has 1 amide bonds. The summed E-state index contributed by atoms with van der Waals surface area (Å²) in [4.78, 5) is 23.8. The van der Waals surface area contributed by atoms with Crippen molar-refractivity contribution in [2.24, 2.45) is 0 Å². The van der Waals surface area contributed by atoms with E-state index in [2.05, 4.69) is 11.4 Å². The van der Waals surface area contributed by atoms with Gasteiger partial charge in [-0.25, -0.2) is 9.18 Å². The fraction of sp³-hybridized carbons (Fsp3) is 0.241. The van der Waals surface area contributed by atoms with E-state index in [0.717, 1.165) is 58.4 Å². The number of aryl methyl sites for hydroxylation is 1. The molecule has 0 radical (unpaired) electrons. The molecule has 1 aliphatic carbocycles. The molecule has 3 aromatic rings. The molecule has 4 rings (SSSR count). The molecular weight excluding hydrogens is 445 g/mol. The first-order valence-electron chi connectivity index (χ1n) is 11.7. The maximum absolute atomic E-state index is 13.3. The van der Waals surface area contributed by atoms with Crippen LogP contribution in [-0.4, -0.2) is 17.0 Å². The molecule has 0 aromatic heterocycles. The Hall–Kier alpha value is -3.93. The fourth-order valence-corrected chi connectivity index (χ4v) is 4.35. The van der Waals surface area contributed by atoms with Crippen LogP contribution in [0.15, 0.2) is 60.7 Å². The topological polar surface area (TPSA) is 75.6 Å². The zero-order valence-corrected chi connectivity index (χ0v) is 19.9. The molecule has 0 fully saturated rings. The van der Waals surface area contributed by atoms with Gasteiger partial charge in [0.15, 0.2) is 0 Å². The summed E-state index contributed by atoms with van der Waals surface area (Å²) in [6.45, 7) is 4.08. The molecule has 0 aliphatic heterocycles. The molecule has 0 bridgehead atoms. The molecule has 0 saturated heterocycles. The quantitative estimate of drug-likeness (QED) is 0.375. The smallest absolute Gasteiger partial charge is 0.335 e. The molecular formula is C29H28FNO4. The predicted molar refractivity (Wildman–Crippen MR) is 135 cm³/mol. The molecule has 0 atom stereocenters. The molecule has 0 unspecified atom stereocenters. The van der Waals surface area contributed by atoms with Gasteiger partial charge in [0.05, 0.1) is 5.56 Å². The number of carboxylic acids is 1. The van der Waals surface area contributed by atoms with Crippen LogP contribution in [0.4, 0.5) is 10.1 Å². The average Bonchev–Trinajstić information content (AvgIpc) is 3.34. The van der Waals surface area contributed by atoms with Gasteiger partial charge in [-0.2, -0.15) is 0 Å². The van der Waals surface area contributed by atoms with Gasteiger partial charge in [0.25, 0.3) is 0 Å². The number of allylic oxidation sites excluding steroid dienone is 2. The zero-order chi connectivity index (χ0) is 24.9. The van der Waals surface area contributed by atoms with Crippen LogP contribution in [0.1, 0.15) is 65.2 Å². The molecule has 1 aliphatic rings. The minimum Gasteiger partial charge on any atom is -0.488 e. The molecule has 0 spiro atoms. The van der Waals surface area contributed by atoms with E-state index < -0.39 is 5.97 Å². The number of aromatic carboxylic acids is 1. The summed E-state index contributed by atoms with van der Waals surface area (Å²) in [5, 5.41) is 12.4. The summed E-state index contributed by atoms with van der Waals surface area (Å²) < 4.78 is 19.4. The maximum atomic E-state index is 13.3. The lowest BCUT2D eigenvalue weighted by molar-refractivity contribution is -0.115. The Kier molecular flexibility index (Phi) is 7.30. The highest BCUT2D eigenvalue weighted by atomic mass is 19.1. The Bertz CT molecular complexity index is 1290. The Morgan fingerprint density at radius 3 is 2.46 bits per heavy atom. The lowest BCUT2D eigenvalue weighted by Gasteiger charge is -2.16. The van der Waals surface area contributed by atoms with E-state index in [1.165, 1.54) is 18.2 Å². The van der Waals surface area contributed by atoms with E-state index in [-0.39, 0.29) is 17.3 Å². The maximum Gasteiger partial charge on any atom is 0.335 e. The van der Waals surface area contributed by atoms with Crippen molar-refractivity contribution in [1.29, 1.82) is 0 Å². The van der Waals surface area contributed by atoms with Gasteiger partial charge in [-0.15, -0.1) is 0 Å². The van der Waals surface area contributed by atoms with Crippen molar-refractivity contribution >= 4 is 28.7 Å². The van der Waals surface area contributed by atoms with Crippen LogP contribution < -0.4 is 10.1 Å². The molecule has 0 saturated carbocycles. The third-order valence-corrected chi connectivity index (χ3v) is 6.12. The van der Waals surface area contributed by atoms with Gasteiger partial charge >= 0.3 is 5.97 Å². The normalized spacial score (nSPS) is 13.1. The average molecular weight is 474 g/mol. The second kappa shape index (κ2) is 10.6. The van der Waals surface area contributed by atoms with Crippen LogP contribution in [0.3, 0.4) is 0 Å². The number of carbonyl (C=O) groups is 2. The first-order valence-corrected chi connectivity index (χ1v) is 11.7. The summed E-state index contributed by atoms with van der Waals surface area (Å²) in [5.41, 5.74) is 6.48. The number of hydrogen-bond donors (Lipinski definition) is 2. The minimum atomic E-state index is -1.04. The summed E-state index contributed by atoms with van der Waals surface area (Å²) >= 11 is 0. The number of amides is 1. The van der Waals surface area contributed by atoms with Crippen LogP contribution in [-0.2, 0) is 11.4 Å². The van der Waals surface area contributed by atoms with Crippen molar-refractivity contribution in [1.82, 2.24) is 0 Å². The van der Waals surface area contributed by atoms with Crippen molar-refractivity contribution in [3.8, 4) is 5.75 Å². The highest BCUT2D eigenvalue weighted by molar-refractivity contribution is 5.99. The molecule has 35 heavy (non-hydrogen) atoms. The lowest BCUT2D eigenvalue weighted by atomic mass is 9.94. The second-order valence-corrected chi connectivity index (χ2v) is 8.73. The lowest BCUT2D eigenvalue weighted by Crippen LogP contribution is -2.11. The molecule has 180 valence electrons. The van der Waals surface area contributed by atoms with Gasteiger partial charge in [0.2, 0.25) is 5.91 Å². The van der Waals surface area contributed by atoms with Crippen LogP contribution >= 0.6 is 0 Å². The van der Waals surface area contributed by atoms with E-state index in [9.17, 15) is 19.1 Å². The molecule has 6 heteroatoms. The van der Waals surface area contributed by atoms with Gasteiger partial charge in [0, 0.05) is 17.7 Å². The zero-order valence-electron chi connectivity index (χ0n) is 19.9. The predicted octanol–water partition coefficient (Wildman–Crippen LogP) is 6.85. The monoisotopic (exact) mass is 473 g/mol. The van der Waals surface area contributed by atoms with Gasteiger partial charge < -0.3 is 15.2 Å². The highest BCUT2D eigenvalue weighted by Crippen LogP contribution is 2.44. The number of anilines is 1. The molecule has 5 nitrogen and oxygen atoms in total. The van der Waals surface area contributed by atoms with Gasteiger partial charge in [-0.1, -0.05) is 30.7 Å². The number of nitrogens with one attached hydrogen (secondary N) is 1. The van der Waals surface area contributed by atoms with E-state index >= 15 is 0 Å². The van der Waals surface area contributed by atoms with E-state index in [1.54, 1.807) is 25.1 Å². The third kappa shape index (κ3) is 5.77. The summed E-state index contributed by atoms with van der Waals surface area (Å²) in [5.74, 6) is -0.779. The standard InChI is InChI=1S/C29H28FNO4/c1-3-28(32)31-23-15-20(14-21(16-23)29(33)34)24-5-4-6-25(24)26-13-18(2)7-12-27(26)35-17-19-8-10-22(30)11-9-19/h7-16H,3-6,17H2,1-2H3,(H,31,32)(H,33,34). The first-order chi connectivity index (χ1) is 16.8. The summed E-state index contributed by atoms with van der Waals surface area (Å²) in [7, 11) is 0. The van der Waals surface area contributed by atoms with Crippen LogP contribution in [0.5, 0.6) is 5.75 Å². The number of hydrogen-bond acceptors (Lipinski definition) is 3. The van der Waals surface area contributed by atoms with Gasteiger partial charge in [-0.05, 0) is 90.9 Å². The van der Waals surface area contributed by atoms with Gasteiger partial charge in [-0.3, -0.25) is 4.79 Å². The number of carboxylic acid groups (broad SMARTS) is 1. The number of carbonyl (C=O) groups excluding carboxylic acids is 1. The summed E-state index contributed by atoms with van der Waals surface area (Å²) in [6, 6.07) is 17.2. The van der Waals surface area contributed by atoms with Crippen LogP contribution in [0, 0.1) is 12.7 Å². The number of halogens is 1. The van der Waals surface area contributed by atoms with E-state index in [0.29, 0.717) is 18.7 Å².